The van der Waals surface area contributed by atoms with Crippen LogP contribution in [0.1, 0.15) is 51.4 Å². The number of Topliss-reactive ketones (excluding diaryl/α,β-unsaturated/α-hetero) is 1. The zero-order chi connectivity index (χ0) is 20.5. The van der Waals surface area contributed by atoms with Crippen molar-refractivity contribution in [2.24, 2.45) is 0 Å². The number of carbonyl (C=O) groups is 1. The number of hydrogen-bond acceptors (Lipinski definition) is 2. The van der Waals surface area contributed by atoms with Gasteiger partial charge in [0.1, 0.15) is 5.82 Å². The first-order valence-electron chi connectivity index (χ1n) is 10.9. The molecule has 2 aliphatic rings. The Morgan fingerprint density at radius 3 is 2.13 bits per heavy atom. The van der Waals surface area contributed by atoms with Crippen LogP contribution in [0, 0.1) is 5.82 Å². The van der Waals surface area contributed by atoms with E-state index in [-0.39, 0.29) is 11.9 Å². The molecule has 1 unspecified atom stereocenters. The Morgan fingerprint density at radius 1 is 0.833 bits per heavy atom. The van der Waals surface area contributed by atoms with Crippen LogP contribution >= 0.6 is 0 Å². The van der Waals surface area contributed by atoms with E-state index in [1.807, 2.05) is 30.3 Å². The number of benzene rings is 3. The molecule has 1 aliphatic heterocycles. The van der Waals surface area contributed by atoms with E-state index in [1.165, 1.54) is 28.8 Å². The largest absolute Gasteiger partial charge is 0.293 e. The molecule has 1 aliphatic carbocycles. The molecular weight excluding hydrogens is 373 g/mol. The maximum atomic E-state index is 13.1. The second-order valence-electron chi connectivity index (χ2n) is 8.60. The van der Waals surface area contributed by atoms with Crippen molar-refractivity contribution >= 4 is 5.78 Å². The minimum absolute atomic E-state index is 0.0291. The van der Waals surface area contributed by atoms with Crippen molar-refractivity contribution in [1.29, 1.82) is 0 Å². The molecule has 152 valence electrons. The van der Waals surface area contributed by atoms with Gasteiger partial charge in [-0.25, -0.2) is 4.39 Å². The van der Waals surface area contributed by atoms with Crippen LogP contribution < -0.4 is 0 Å². The lowest BCUT2D eigenvalue weighted by Gasteiger charge is -2.35. The van der Waals surface area contributed by atoms with E-state index in [0.29, 0.717) is 11.7 Å². The van der Waals surface area contributed by atoms with E-state index in [4.69, 9.17) is 0 Å². The van der Waals surface area contributed by atoms with Crippen molar-refractivity contribution < 1.29 is 9.18 Å². The molecule has 0 amide bonds. The summed E-state index contributed by atoms with van der Waals surface area (Å²) in [6.07, 6.45) is 3.87. The van der Waals surface area contributed by atoms with Crippen LogP contribution in [-0.4, -0.2) is 29.8 Å². The maximum absolute atomic E-state index is 13.1. The third-order valence-corrected chi connectivity index (χ3v) is 6.74. The zero-order valence-electron chi connectivity index (χ0n) is 17.1. The highest BCUT2D eigenvalue weighted by Gasteiger charge is 2.36. The van der Waals surface area contributed by atoms with Crippen LogP contribution in [0.5, 0.6) is 0 Å². The van der Waals surface area contributed by atoms with Crippen LogP contribution in [0.4, 0.5) is 4.39 Å². The third-order valence-electron chi connectivity index (χ3n) is 6.74. The first-order valence-corrected chi connectivity index (χ1v) is 10.9. The van der Waals surface area contributed by atoms with Gasteiger partial charge < -0.3 is 0 Å². The van der Waals surface area contributed by atoms with Crippen LogP contribution in [0.15, 0.2) is 72.8 Å². The topological polar surface area (TPSA) is 20.3 Å². The van der Waals surface area contributed by atoms with Gasteiger partial charge in [-0.15, -0.1) is 0 Å². The van der Waals surface area contributed by atoms with Gasteiger partial charge in [-0.05, 0) is 79.1 Å². The fourth-order valence-electron chi connectivity index (χ4n) is 5.00. The van der Waals surface area contributed by atoms with Gasteiger partial charge >= 0.3 is 0 Å². The van der Waals surface area contributed by atoms with E-state index < -0.39 is 0 Å². The minimum atomic E-state index is -0.191. The summed E-state index contributed by atoms with van der Waals surface area (Å²) in [5.74, 6) is 0.665. The molecule has 0 N–H and O–H groups in total. The molecule has 1 saturated heterocycles. The molecule has 0 saturated carbocycles. The van der Waals surface area contributed by atoms with Gasteiger partial charge in [-0.2, -0.15) is 0 Å². The van der Waals surface area contributed by atoms with Crippen molar-refractivity contribution in [3.63, 3.8) is 0 Å². The molecule has 3 aromatic rings. The van der Waals surface area contributed by atoms with Gasteiger partial charge in [0.25, 0.3) is 0 Å². The Balaban J connectivity index is 1.19. The number of likely N-dealkylation sites (tertiary alicyclic amines) is 1. The predicted octanol–water partition coefficient (Wildman–Crippen LogP) is 5.40. The van der Waals surface area contributed by atoms with Gasteiger partial charge in [0.2, 0.25) is 0 Å². The molecule has 0 aromatic heterocycles. The molecule has 5 rings (SSSR count). The summed E-state index contributed by atoms with van der Waals surface area (Å²) in [4.78, 5) is 15.2. The minimum Gasteiger partial charge on any atom is -0.293 e. The third kappa shape index (κ3) is 3.82. The Bertz CT molecular complexity index is 1030. The van der Waals surface area contributed by atoms with Crippen molar-refractivity contribution in [2.75, 3.05) is 13.1 Å². The number of piperidine rings is 1. The summed E-state index contributed by atoms with van der Waals surface area (Å²) in [5, 5.41) is 0. The van der Waals surface area contributed by atoms with Gasteiger partial charge in [0.15, 0.2) is 5.78 Å². The second kappa shape index (κ2) is 8.16. The van der Waals surface area contributed by atoms with E-state index in [9.17, 15) is 9.18 Å². The molecule has 0 bridgehead atoms. The summed E-state index contributed by atoms with van der Waals surface area (Å²) in [7, 11) is 0. The fourth-order valence-corrected chi connectivity index (χ4v) is 5.00. The SMILES string of the molecule is O=C1c2ccccc2CC1N1CCC(c2ccc(Cc3ccc(F)cc3)cc2)CC1. The van der Waals surface area contributed by atoms with E-state index in [2.05, 4.69) is 35.2 Å². The molecule has 2 nitrogen and oxygen atoms in total. The molecule has 3 heteroatoms. The first-order chi connectivity index (χ1) is 14.7. The number of nitrogens with zero attached hydrogens (tertiary/aromatic N) is 1. The molecule has 0 radical (unpaired) electrons. The van der Waals surface area contributed by atoms with Gasteiger partial charge in [-0.3, -0.25) is 9.69 Å². The van der Waals surface area contributed by atoms with Crippen molar-refractivity contribution in [2.45, 2.75) is 37.6 Å². The van der Waals surface area contributed by atoms with Crippen LogP contribution in [0.3, 0.4) is 0 Å². The molecular formula is C27H26FNO. The van der Waals surface area contributed by atoms with E-state index in [0.717, 1.165) is 49.9 Å². The molecule has 30 heavy (non-hydrogen) atoms. The number of halogens is 1. The lowest BCUT2D eigenvalue weighted by Crippen LogP contribution is -2.44. The molecule has 3 aromatic carbocycles. The first kappa shape index (κ1) is 19.2. The second-order valence-corrected chi connectivity index (χ2v) is 8.60. The maximum Gasteiger partial charge on any atom is 0.180 e. The Labute approximate surface area is 177 Å². The van der Waals surface area contributed by atoms with Crippen molar-refractivity contribution in [3.05, 3.63) is 106 Å². The number of fused-ring (bicyclic) bond motifs is 1. The highest BCUT2D eigenvalue weighted by molar-refractivity contribution is 6.04. The Morgan fingerprint density at radius 2 is 1.47 bits per heavy atom. The molecule has 0 spiro atoms. The number of hydrogen-bond donors (Lipinski definition) is 0. The predicted molar refractivity (Wildman–Crippen MR) is 117 cm³/mol. The highest BCUT2D eigenvalue weighted by Crippen LogP contribution is 2.32. The van der Waals surface area contributed by atoms with Crippen LogP contribution in [0.25, 0.3) is 0 Å². The highest BCUT2D eigenvalue weighted by atomic mass is 19.1. The Kier molecular flexibility index (Phi) is 5.22. The van der Waals surface area contributed by atoms with Gasteiger partial charge in [0, 0.05) is 5.56 Å². The van der Waals surface area contributed by atoms with E-state index in [1.54, 1.807) is 0 Å². The monoisotopic (exact) mass is 399 g/mol. The average Bonchev–Trinajstić information content (AvgIpc) is 3.13. The standard InChI is InChI=1S/C27H26FNO/c28-24-11-7-20(8-12-24)17-19-5-9-21(10-6-19)22-13-15-29(16-14-22)26-18-23-3-1-2-4-25(23)27(26)30/h1-12,22,26H,13-18H2. The number of rotatable bonds is 4. The zero-order valence-corrected chi connectivity index (χ0v) is 17.1. The summed E-state index contributed by atoms with van der Waals surface area (Å²) in [6.45, 7) is 1.96. The lowest BCUT2D eigenvalue weighted by atomic mass is 9.88. The summed E-state index contributed by atoms with van der Waals surface area (Å²) in [6, 6.07) is 23.7. The molecule has 1 heterocycles. The summed E-state index contributed by atoms with van der Waals surface area (Å²) < 4.78 is 13.1. The number of ketones is 1. The molecule has 1 fully saturated rings. The van der Waals surface area contributed by atoms with Crippen LogP contribution in [0.2, 0.25) is 0 Å². The smallest absolute Gasteiger partial charge is 0.180 e. The molecule has 1 atom stereocenters. The van der Waals surface area contributed by atoms with Crippen molar-refractivity contribution in [1.82, 2.24) is 4.90 Å². The van der Waals surface area contributed by atoms with Gasteiger partial charge in [0.05, 0.1) is 6.04 Å². The van der Waals surface area contributed by atoms with Crippen molar-refractivity contribution in [3.8, 4) is 0 Å². The average molecular weight is 400 g/mol. The van der Waals surface area contributed by atoms with Crippen LogP contribution in [-0.2, 0) is 12.8 Å². The quantitative estimate of drug-likeness (QED) is 0.585. The summed E-state index contributed by atoms with van der Waals surface area (Å²) >= 11 is 0. The Hall–Kier alpha value is -2.78. The van der Waals surface area contributed by atoms with E-state index >= 15 is 0 Å². The normalized spacial score (nSPS) is 19.8. The lowest BCUT2D eigenvalue weighted by molar-refractivity contribution is 0.0798. The summed E-state index contributed by atoms with van der Waals surface area (Å²) in [5.41, 5.74) is 5.88. The number of carbonyl (C=O) groups excluding carboxylic acids is 1. The fraction of sp³-hybridized carbons (Fsp3) is 0.296. The van der Waals surface area contributed by atoms with Gasteiger partial charge in [-0.1, -0.05) is 60.7 Å².